The van der Waals surface area contributed by atoms with E-state index in [1.807, 2.05) is 0 Å². The first-order chi connectivity index (χ1) is 9.24. The molecule has 2 unspecified atom stereocenters. The Bertz CT molecular complexity index is 457. The number of carboxylic acids is 1. The van der Waals surface area contributed by atoms with Crippen LogP contribution in [0.1, 0.15) is 41.8 Å². The van der Waals surface area contributed by atoms with Crippen LogP contribution in [0.25, 0.3) is 0 Å². The Morgan fingerprint density at radius 2 is 2.37 bits per heavy atom. The van der Waals surface area contributed by atoms with E-state index in [0.717, 1.165) is 18.0 Å². The molecule has 0 radical (unpaired) electrons. The molecule has 0 aliphatic carbocycles. The molecule has 2 aliphatic heterocycles. The number of fused-ring (bicyclic) bond motifs is 1. The van der Waals surface area contributed by atoms with E-state index >= 15 is 0 Å². The van der Waals surface area contributed by atoms with Crippen LogP contribution in [0.2, 0.25) is 0 Å². The molecule has 0 aromatic carbocycles. The quantitative estimate of drug-likeness (QED) is 0.866. The number of nitrogens with one attached hydrogen (secondary N) is 1. The van der Waals surface area contributed by atoms with Crippen molar-refractivity contribution >= 4 is 5.97 Å². The first kappa shape index (κ1) is 12.7. The minimum absolute atomic E-state index is 0.0609. The normalized spacial score (nSPS) is 27.4. The molecular formula is C14H20N2O3. The largest absolute Gasteiger partial charge is 0.475 e. The van der Waals surface area contributed by atoms with Crippen molar-refractivity contribution in [3.8, 4) is 0 Å². The lowest BCUT2D eigenvalue weighted by atomic mass is 9.97. The highest BCUT2D eigenvalue weighted by atomic mass is 16.4. The zero-order chi connectivity index (χ0) is 13.2. The summed E-state index contributed by atoms with van der Waals surface area (Å²) in [5, 5.41) is 12.5. The number of hydrogen-bond acceptors (Lipinski definition) is 4. The molecule has 2 saturated heterocycles. The topological polar surface area (TPSA) is 65.7 Å². The third-order valence-corrected chi connectivity index (χ3v) is 4.34. The highest BCUT2D eigenvalue weighted by Gasteiger charge is 2.31. The van der Waals surface area contributed by atoms with Gasteiger partial charge in [0.1, 0.15) is 0 Å². The van der Waals surface area contributed by atoms with Gasteiger partial charge in [0, 0.05) is 24.2 Å². The zero-order valence-corrected chi connectivity index (χ0v) is 11.0. The average molecular weight is 264 g/mol. The molecule has 0 bridgehead atoms. The fourth-order valence-electron chi connectivity index (χ4n) is 3.33. The van der Waals surface area contributed by atoms with Crippen molar-refractivity contribution in [3.63, 3.8) is 0 Å². The van der Waals surface area contributed by atoms with Crippen molar-refractivity contribution in [1.29, 1.82) is 0 Å². The number of hydrogen-bond donors (Lipinski definition) is 2. The van der Waals surface area contributed by atoms with E-state index in [0.29, 0.717) is 12.6 Å². The van der Waals surface area contributed by atoms with Gasteiger partial charge >= 0.3 is 5.97 Å². The average Bonchev–Trinajstić information content (AvgIpc) is 3.04. The third kappa shape index (κ3) is 2.67. The molecule has 5 heteroatoms. The Labute approximate surface area is 112 Å². The first-order valence-corrected chi connectivity index (χ1v) is 7.01. The van der Waals surface area contributed by atoms with Gasteiger partial charge in [0.25, 0.3) is 0 Å². The lowest BCUT2D eigenvalue weighted by Crippen LogP contribution is -2.45. The Morgan fingerprint density at radius 1 is 1.47 bits per heavy atom. The molecule has 0 amide bonds. The highest BCUT2D eigenvalue weighted by molar-refractivity contribution is 5.86. The van der Waals surface area contributed by atoms with Crippen molar-refractivity contribution < 1.29 is 14.3 Å². The minimum Gasteiger partial charge on any atom is -0.475 e. The second kappa shape index (κ2) is 5.35. The SMILES string of the molecule is O=C(O)c1occc1CNC1CCN2CCCC2C1. The molecule has 3 heterocycles. The minimum atomic E-state index is -0.993. The van der Waals surface area contributed by atoms with Gasteiger partial charge in [-0.25, -0.2) is 4.79 Å². The van der Waals surface area contributed by atoms with Gasteiger partial charge in [-0.05, 0) is 44.8 Å². The molecule has 1 aromatic heterocycles. The highest BCUT2D eigenvalue weighted by Crippen LogP contribution is 2.27. The number of carboxylic acid groups (broad SMARTS) is 1. The molecule has 2 fully saturated rings. The summed E-state index contributed by atoms with van der Waals surface area (Å²) in [6, 6.07) is 2.96. The van der Waals surface area contributed by atoms with Gasteiger partial charge in [0.15, 0.2) is 0 Å². The predicted molar refractivity (Wildman–Crippen MR) is 70.1 cm³/mol. The van der Waals surface area contributed by atoms with Crippen LogP contribution < -0.4 is 5.32 Å². The molecule has 5 nitrogen and oxygen atoms in total. The van der Waals surface area contributed by atoms with Crippen molar-refractivity contribution in [2.45, 2.75) is 44.3 Å². The fraction of sp³-hybridized carbons (Fsp3) is 0.643. The van der Waals surface area contributed by atoms with E-state index in [4.69, 9.17) is 9.52 Å². The van der Waals surface area contributed by atoms with Crippen LogP contribution in [-0.2, 0) is 6.54 Å². The second-order valence-corrected chi connectivity index (χ2v) is 5.51. The third-order valence-electron chi connectivity index (χ3n) is 4.34. The number of furan rings is 1. The van der Waals surface area contributed by atoms with Crippen LogP contribution in [-0.4, -0.2) is 41.1 Å². The van der Waals surface area contributed by atoms with Crippen molar-refractivity contribution in [2.75, 3.05) is 13.1 Å². The maximum atomic E-state index is 11.0. The zero-order valence-electron chi connectivity index (χ0n) is 11.0. The van der Waals surface area contributed by atoms with E-state index in [1.165, 1.54) is 38.6 Å². The summed E-state index contributed by atoms with van der Waals surface area (Å²) in [6.07, 6.45) is 6.41. The standard InChI is InChI=1S/C14H20N2O3/c17-14(18)13-10(4-7-19-13)9-15-11-3-6-16-5-1-2-12(16)8-11/h4,7,11-12,15H,1-3,5-6,8-9H2,(H,17,18). The lowest BCUT2D eigenvalue weighted by Gasteiger charge is -2.35. The molecule has 3 rings (SSSR count). The molecule has 2 aliphatic rings. The molecule has 0 saturated carbocycles. The monoisotopic (exact) mass is 264 g/mol. The second-order valence-electron chi connectivity index (χ2n) is 5.51. The van der Waals surface area contributed by atoms with Crippen molar-refractivity contribution in [2.24, 2.45) is 0 Å². The van der Waals surface area contributed by atoms with Crippen LogP contribution in [0.5, 0.6) is 0 Å². The van der Waals surface area contributed by atoms with Crippen LogP contribution in [0, 0.1) is 0 Å². The molecule has 19 heavy (non-hydrogen) atoms. The van der Waals surface area contributed by atoms with Gasteiger partial charge in [-0.15, -0.1) is 0 Å². The van der Waals surface area contributed by atoms with Crippen LogP contribution in [0.15, 0.2) is 16.7 Å². The smallest absolute Gasteiger partial charge is 0.372 e. The Morgan fingerprint density at radius 3 is 3.21 bits per heavy atom. The summed E-state index contributed by atoms with van der Waals surface area (Å²) in [6.45, 7) is 3.00. The summed E-state index contributed by atoms with van der Waals surface area (Å²) >= 11 is 0. The maximum absolute atomic E-state index is 11.0. The van der Waals surface area contributed by atoms with Crippen LogP contribution in [0.4, 0.5) is 0 Å². The molecule has 1 aromatic rings. The fourth-order valence-corrected chi connectivity index (χ4v) is 3.33. The predicted octanol–water partition coefficient (Wildman–Crippen LogP) is 1.69. The molecular weight excluding hydrogens is 244 g/mol. The van der Waals surface area contributed by atoms with Gasteiger partial charge < -0.3 is 19.7 Å². The molecule has 104 valence electrons. The van der Waals surface area contributed by atoms with Gasteiger partial charge in [0.2, 0.25) is 5.76 Å². The van der Waals surface area contributed by atoms with E-state index in [-0.39, 0.29) is 5.76 Å². The summed E-state index contributed by atoms with van der Waals surface area (Å²) in [5.74, 6) is -0.932. The number of rotatable bonds is 4. The van der Waals surface area contributed by atoms with Crippen molar-refractivity contribution in [1.82, 2.24) is 10.2 Å². The summed E-state index contributed by atoms with van der Waals surface area (Å²) < 4.78 is 4.99. The van der Waals surface area contributed by atoms with Gasteiger partial charge in [-0.1, -0.05) is 0 Å². The van der Waals surface area contributed by atoms with Gasteiger partial charge in [0.05, 0.1) is 6.26 Å². The van der Waals surface area contributed by atoms with Gasteiger partial charge in [-0.2, -0.15) is 0 Å². The summed E-state index contributed by atoms with van der Waals surface area (Å²) in [4.78, 5) is 13.5. The molecule has 0 spiro atoms. The van der Waals surface area contributed by atoms with E-state index in [9.17, 15) is 4.79 Å². The van der Waals surface area contributed by atoms with E-state index < -0.39 is 5.97 Å². The Kier molecular flexibility index (Phi) is 3.57. The first-order valence-electron chi connectivity index (χ1n) is 7.01. The number of aromatic carboxylic acids is 1. The number of carbonyl (C=O) groups is 1. The molecule has 2 N–H and O–H groups in total. The number of nitrogens with zero attached hydrogens (tertiary/aromatic N) is 1. The summed E-state index contributed by atoms with van der Waals surface area (Å²) in [5.41, 5.74) is 0.737. The number of piperidine rings is 1. The molecule has 2 atom stereocenters. The lowest BCUT2D eigenvalue weighted by molar-refractivity contribution is 0.0660. The maximum Gasteiger partial charge on any atom is 0.372 e. The van der Waals surface area contributed by atoms with Gasteiger partial charge in [-0.3, -0.25) is 0 Å². The van der Waals surface area contributed by atoms with Crippen LogP contribution >= 0.6 is 0 Å². The van der Waals surface area contributed by atoms with E-state index in [2.05, 4.69) is 10.2 Å². The van der Waals surface area contributed by atoms with E-state index in [1.54, 1.807) is 6.07 Å². The Hall–Kier alpha value is -1.33. The van der Waals surface area contributed by atoms with Crippen molar-refractivity contribution in [3.05, 3.63) is 23.7 Å². The van der Waals surface area contributed by atoms with Crippen LogP contribution in [0.3, 0.4) is 0 Å². The summed E-state index contributed by atoms with van der Waals surface area (Å²) in [7, 11) is 0. The Balaban J connectivity index is 1.55.